The number of hydrogen-bond acceptors (Lipinski definition) is 2. The van der Waals surface area contributed by atoms with Gasteiger partial charge in [0, 0.05) is 6.54 Å². The lowest BCUT2D eigenvalue weighted by molar-refractivity contribution is -0.114. The smallest absolute Gasteiger partial charge is 0.299 e. The number of carbonyl (C=O) groups is 2. The van der Waals surface area contributed by atoms with Crippen LogP contribution in [0.25, 0.3) is 0 Å². The molecule has 1 aromatic rings. The summed E-state index contributed by atoms with van der Waals surface area (Å²) in [5.74, 6) is 1.60. The Morgan fingerprint density at radius 1 is 1.10 bits per heavy atom. The molecule has 0 radical (unpaired) electrons. The number of aryl methyl sites for hydroxylation is 2. The second-order valence-corrected chi connectivity index (χ2v) is 7.10. The van der Waals surface area contributed by atoms with Crippen molar-refractivity contribution in [3.05, 3.63) is 28.8 Å². The largest absolute Gasteiger partial charge is 0.304 e. The van der Waals surface area contributed by atoms with Gasteiger partial charge in [0.15, 0.2) is 0 Å². The minimum absolute atomic E-state index is 0.311. The van der Waals surface area contributed by atoms with Gasteiger partial charge in [-0.25, -0.2) is 0 Å². The zero-order valence-corrected chi connectivity index (χ0v) is 12.7. The summed E-state index contributed by atoms with van der Waals surface area (Å²) >= 11 is 0. The third-order valence-corrected chi connectivity index (χ3v) is 5.83. The second kappa shape index (κ2) is 4.43. The van der Waals surface area contributed by atoms with Crippen LogP contribution >= 0.6 is 0 Å². The van der Waals surface area contributed by atoms with Gasteiger partial charge in [0.2, 0.25) is 0 Å². The highest BCUT2D eigenvalue weighted by atomic mass is 16.2. The normalized spacial score (nSPS) is 30.4. The maximum absolute atomic E-state index is 12.4. The Kier molecular flexibility index (Phi) is 2.75. The van der Waals surface area contributed by atoms with Crippen LogP contribution in [0.5, 0.6) is 0 Å². The third kappa shape index (κ3) is 1.79. The van der Waals surface area contributed by atoms with Crippen LogP contribution in [0, 0.1) is 31.6 Å². The number of rotatable bonds is 2. The van der Waals surface area contributed by atoms with Gasteiger partial charge in [-0.3, -0.25) is 9.59 Å². The number of ketones is 1. The molecule has 2 aliphatic carbocycles. The molecule has 0 saturated heterocycles. The molecule has 0 spiro atoms. The van der Waals surface area contributed by atoms with Crippen molar-refractivity contribution >= 4 is 17.4 Å². The number of hydrogen-bond donors (Lipinski definition) is 0. The molecule has 0 N–H and O–H groups in total. The van der Waals surface area contributed by atoms with Gasteiger partial charge < -0.3 is 4.90 Å². The lowest BCUT2D eigenvalue weighted by Gasteiger charge is -2.27. The van der Waals surface area contributed by atoms with Crippen LogP contribution in [0.3, 0.4) is 0 Å². The molecular formula is C18H21NO2. The van der Waals surface area contributed by atoms with Crippen molar-refractivity contribution in [2.45, 2.75) is 39.5 Å². The topological polar surface area (TPSA) is 37.4 Å². The molecule has 2 saturated carbocycles. The molecule has 1 aliphatic heterocycles. The van der Waals surface area contributed by atoms with E-state index in [0.29, 0.717) is 11.5 Å². The van der Waals surface area contributed by atoms with Crippen molar-refractivity contribution in [2.75, 3.05) is 11.4 Å². The number of nitrogens with zero attached hydrogens (tertiary/aromatic N) is 1. The molecule has 3 nitrogen and oxygen atoms in total. The predicted molar refractivity (Wildman–Crippen MR) is 81.5 cm³/mol. The Hall–Kier alpha value is -1.64. The highest BCUT2D eigenvalue weighted by molar-refractivity contribution is 6.52. The van der Waals surface area contributed by atoms with E-state index in [2.05, 4.69) is 0 Å². The van der Waals surface area contributed by atoms with Crippen molar-refractivity contribution in [3.63, 3.8) is 0 Å². The zero-order valence-electron chi connectivity index (χ0n) is 12.7. The van der Waals surface area contributed by atoms with Crippen LogP contribution in [0.4, 0.5) is 5.69 Å². The molecule has 2 bridgehead atoms. The summed E-state index contributed by atoms with van der Waals surface area (Å²) < 4.78 is 0. The third-order valence-electron chi connectivity index (χ3n) is 5.83. The van der Waals surface area contributed by atoms with E-state index < -0.39 is 0 Å². The number of benzene rings is 1. The Morgan fingerprint density at radius 3 is 2.52 bits per heavy atom. The van der Waals surface area contributed by atoms with E-state index >= 15 is 0 Å². The van der Waals surface area contributed by atoms with Gasteiger partial charge in [0.05, 0.1) is 11.3 Å². The van der Waals surface area contributed by atoms with Crippen molar-refractivity contribution in [1.29, 1.82) is 0 Å². The maximum Gasteiger partial charge on any atom is 0.299 e. The molecule has 1 aromatic carbocycles. The minimum atomic E-state index is -0.315. The van der Waals surface area contributed by atoms with E-state index in [1.54, 1.807) is 4.90 Å². The van der Waals surface area contributed by atoms with Gasteiger partial charge in [-0.1, -0.05) is 18.6 Å². The fourth-order valence-corrected chi connectivity index (χ4v) is 4.77. The maximum atomic E-state index is 12.4. The van der Waals surface area contributed by atoms with Crippen LogP contribution < -0.4 is 4.90 Å². The number of fused-ring (bicyclic) bond motifs is 3. The Morgan fingerprint density at radius 2 is 1.86 bits per heavy atom. The summed E-state index contributed by atoms with van der Waals surface area (Å²) in [6, 6.07) is 3.97. The predicted octanol–water partition coefficient (Wildman–Crippen LogP) is 3.27. The summed E-state index contributed by atoms with van der Waals surface area (Å²) in [5.41, 5.74) is 3.48. The molecule has 110 valence electrons. The molecule has 3 heteroatoms. The molecule has 21 heavy (non-hydrogen) atoms. The molecule has 0 aromatic heterocycles. The van der Waals surface area contributed by atoms with E-state index in [0.717, 1.165) is 35.2 Å². The van der Waals surface area contributed by atoms with Crippen LogP contribution in [0.1, 0.15) is 47.2 Å². The molecule has 1 amide bonds. The Bertz CT molecular complexity index is 649. The summed E-state index contributed by atoms with van der Waals surface area (Å²) in [6.07, 6.45) is 5.25. The van der Waals surface area contributed by atoms with Gasteiger partial charge in [0.25, 0.3) is 11.7 Å². The number of anilines is 1. The van der Waals surface area contributed by atoms with Crippen molar-refractivity contribution in [2.24, 2.45) is 17.8 Å². The number of Topliss-reactive ketones (excluding diaryl/α,β-unsaturated/α-hetero) is 1. The number of carbonyl (C=O) groups excluding carboxylic acids is 2. The lowest BCUT2D eigenvalue weighted by atomic mass is 9.88. The van der Waals surface area contributed by atoms with Crippen molar-refractivity contribution < 1.29 is 9.59 Å². The SMILES string of the molecule is Cc1ccc(C)c2c1C(=O)C(=O)N2CC1CC2CCC1C2. The average molecular weight is 283 g/mol. The summed E-state index contributed by atoms with van der Waals surface area (Å²) in [6.45, 7) is 4.66. The van der Waals surface area contributed by atoms with Gasteiger partial charge in [-0.2, -0.15) is 0 Å². The number of amides is 1. The van der Waals surface area contributed by atoms with E-state index in [1.165, 1.54) is 25.7 Å². The van der Waals surface area contributed by atoms with Crippen LogP contribution in [0.2, 0.25) is 0 Å². The van der Waals surface area contributed by atoms with Crippen molar-refractivity contribution in [3.8, 4) is 0 Å². The first-order valence-corrected chi connectivity index (χ1v) is 8.02. The van der Waals surface area contributed by atoms with Crippen LogP contribution in [-0.2, 0) is 4.79 Å². The Balaban J connectivity index is 1.69. The first-order valence-electron chi connectivity index (χ1n) is 8.02. The highest BCUT2D eigenvalue weighted by Gasteiger charge is 2.44. The van der Waals surface area contributed by atoms with E-state index in [-0.39, 0.29) is 11.7 Å². The van der Waals surface area contributed by atoms with Gasteiger partial charge in [-0.15, -0.1) is 0 Å². The molecule has 1 heterocycles. The average Bonchev–Trinajstić information content (AvgIpc) is 3.13. The van der Waals surface area contributed by atoms with Crippen LogP contribution in [0.15, 0.2) is 12.1 Å². The fraction of sp³-hybridized carbons (Fsp3) is 0.556. The van der Waals surface area contributed by atoms with Gasteiger partial charge in [0.1, 0.15) is 0 Å². The molecule has 2 fully saturated rings. The molecular weight excluding hydrogens is 262 g/mol. The molecule has 3 aliphatic rings. The van der Waals surface area contributed by atoms with E-state index in [9.17, 15) is 9.59 Å². The van der Waals surface area contributed by atoms with E-state index in [4.69, 9.17) is 0 Å². The fourth-order valence-electron chi connectivity index (χ4n) is 4.77. The second-order valence-electron chi connectivity index (χ2n) is 7.10. The summed E-state index contributed by atoms with van der Waals surface area (Å²) in [5, 5.41) is 0. The minimum Gasteiger partial charge on any atom is -0.304 e. The zero-order chi connectivity index (χ0) is 14.7. The first kappa shape index (κ1) is 13.1. The first-order chi connectivity index (χ1) is 10.1. The van der Waals surface area contributed by atoms with Gasteiger partial charge >= 0.3 is 0 Å². The monoisotopic (exact) mass is 283 g/mol. The standard InChI is InChI=1S/C18H21NO2/c1-10-3-4-11(2)16-15(10)17(20)18(21)19(16)9-14-8-12-5-6-13(14)7-12/h3-4,12-14H,5-9H2,1-2H3. The lowest BCUT2D eigenvalue weighted by Crippen LogP contribution is -2.36. The van der Waals surface area contributed by atoms with Crippen LogP contribution in [-0.4, -0.2) is 18.2 Å². The summed E-state index contributed by atoms with van der Waals surface area (Å²) in [4.78, 5) is 26.5. The highest BCUT2D eigenvalue weighted by Crippen LogP contribution is 2.49. The quantitative estimate of drug-likeness (QED) is 0.781. The molecule has 3 unspecified atom stereocenters. The summed E-state index contributed by atoms with van der Waals surface area (Å²) in [7, 11) is 0. The van der Waals surface area contributed by atoms with Gasteiger partial charge in [-0.05, 0) is 62.0 Å². The Labute approximate surface area is 125 Å². The van der Waals surface area contributed by atoms with Crippen molar-refractivity contribution in [1.82, 2.24) is 0 Å². The molecule has 4 rings (SSSR count). The molecule has 3 atom stereocenters. The van der Waals surface area contributed by atoms with E-state index in [1.807, 2.05) is 26.0 Å².